The highest BCUT2D eigenvalue weighted by atomic mass is 16.7. The van der Waals surface area contributed by atoms with Crippen molar-refractivity contribution in [3.8, 4) is 0 Å². The van der Waals surface area contributed by atoms with E-state index in [2.05, 4.69) is 86.8 Å². The van der Waals surface area contributed by atoms with Crippen molar-refractivity contribution in [1.82, 2.24) is 0 Å². The van der Waals surface area contributed by atoms with Crippen LogP contribution in [0.2, 0.25) is 0 Å². The van der Waals surface area contributed by atoms with Crippen LogP contribution in [0.5, 0.6) is 0 Å². The molecule has 2 saturated heterocycles. The van der Waals surface area contributed by atoms with Gasteiger partial charge < -0.3 is 64.2 Å². The van der Waals surface area contributed by atoms with Crippen LogP contribution < -0.4 is 0 Å². The van der Waals surface area contributed by atoms with Gasteiger partial charge in [0.2, 0.25) is 0 Å². The lowest BCUT2D eigenvalue weighted by atomic mass is 9.98. The lowest BCUT2D eigenvalue weighted by Gasteiger charge is -2.42. The summed E-state index contributed by atoms with van der Waals surface area (Å²) in [6.07, 6.45) is 46.7. The fraction of sp³-hybridized carbons (Fsp3) is 0.794. The van der Waals surface area contributed by atoms with E-state index in [0.29, 0.717) is 13.0 Å². The van der Waals surface area contributed by atoms with Crippen molar-refractivity contribution in [2.75, 3.05) is 33.0 Å². The normalized spacial score (nSPS) is 24.8. The molecule has 14 nitrogen and oxygen atoms in total. The van der Waals surface area contributed by atoms with Gasteiger partial charge in [0, 0.05) is 13.0 Å². The minimum atomic E-state index is -1.71. The van der Waals surface area contributed by atoms with Gasteiger partial charge in [-0.2, -0.15) is 0 Å². The Morgan fingerprint density at radius 2 is 0.844 bits per heavy atom. The van der Waals surface area contributed by atoms with Gasteiger partial charge in [0.1, 0.15) is 54.9 Å². The van der Waals surface area contributed by atoms with Crippen LogP contribution in [0.25, 0.3) is 0 Å². The van der Waals surface area contributed by atoms with Gasteiger partial charge in [0.15, 0.2) is 12.6 Å². The quantitative estimate of drug-likeness (QED) is 0.0172. The first-order valence-corrected chi connectivity index (χ1v) is 30.5. The third-order valence-electron chi connectivity index (χ3n) is 14.2. The fourth-order valence-corrected chi connectivity index (χ4v) is 9.31. The lowest BCUT2D eigenvalue weighted by Crippen LogP contribution is -2.61. The molecule has 0 aromatic heterocycles. The third kappa shape index (κ3) is 35.7. The monoisotopic (exact) mass is 1090 g/mol. The summed E-state index contributed by atoms with van der Waals surface area (Å²) in [5.41, 5.74) is 0. The second kappa shape index (κ2) is 49.3. The summed E-state index contributed by atoms with van der Waals surface area (Å²) in [5.74, 6) is -0.385. The lowest BCUT2D eigenvalue weighted by molar-refractivity contribution is -0.332. The van der Waals surface area contributed by atoms with E-state index in [4.69, 9.17) is 28.4 Å². The van der Waals surface area contributed by atoms with Crippen molar-refractivity contribution in [2.45, 2.75) is 287 Å². The molecular formula is C63H110O14. The Kier molecular flexibility index (Phi) is 45.1. The smallest absolute Gasteiger partial charge is 0.306 e. The van der Waals surface area contributed by atoms with Crippen molar-refractivity contribution in [2.24, 2.45) is 0 Å². The molecule has 2 heterocycles. The Bertz CT molecular complexity index is 1550. The maximum atomic E-state index is 13.1. The fourth-order valence-electron chi connectivity index (χ4n) is 9.31. The zero-order valence-corrected chi connectivity index (χ0v) is 47.9. The summed E-state index contributed by atoms with van der Waals surface area (Å²) < 4.78 is 34.4. The topological polar surface area (TPSA) is 214 Å². The van der Waals surface area contributed by atoms with Crippen molar-refractivity contribution in [1.29, 1.82) is 0 Å². The first kappa shape index (κ1) is 70.5. The number of aliphatic hydroxyl groups is 7. The van der Waals surface area contributed by atoms with E-state index in [-0.39, 0.29) is 25.6 Å². The van der Waals surface area contributed by atoms with E-state index >= 15 is 0 Å². The number of allylic oxidation sites excluding steroid dienone is 12. The minimum Gasteiger partial charge on any atom is -0.457 e. The molecule has 2 aliphatic rings. The highest BCUT2D eigenvalue weighted by Gasteiger charge is 2.47. The van der Waals surface area contributed by atoms with Gasteiger partial charge in [0.25, 0.3) is 0 Å². The maximum Gasteiger partial charge on any atom is 0.306 e. The standard InChI is InChI=1S/C63H110O14/c1-3-5-7-9-11-13-15-17-19-21-22-23-24-25-26-27-28-29-31-33-35-37-39-41-43-45-47-72-49-52(75-55(65)46-44-42-40-38-36-34-32-30-20-18-16-14-12-10-8-6-4-2)50-73-62-61(71)59(69)57(67)54(77-62)51-74-63-60(70)58(68)56(66)53(48-64)76-63/h5,7,11-14,17-20,22-23,52-54,56-64,66-71H,3-4,6,8-10,15-16,21,24-51H2,1-2H3/b7-5-,13-11-,14-12-,19-17-,20-18-,23-22-. The molecule has 0 aromatic carbocycles. The Balaban J connectivity index is 1.68. The number of hydrogen-bond donors (Lipinski definition) is 7. The number of rotatable bonds is 49. The molecule has 11 atom stereocenters. The number of hydrogen-bond acceptors (Lipinski definition) is 14. The van der Waals surface area contributed by atoms with Gasteiger partial charge >= 0.3 is 5.97 Å². The molecule has 0 radical (unpaired) electrons. The number of carbonyl (C=O) groups excluding carboxylic acids is 1. The number of esters is 1. The Morgan fingerprint density at radius 3 is 1.32 bits per heavy atom. The summed E-state index contributed by atoms with van der Waals surface area (Å²) in [6.45, 7) is 3.55. The SMILES string of the molecule is CC/C=C\C/C=C\C/C=C\C/C=C\CCCCCCCCCCCCCCCOCC(COC1OC(COC2OC(CO)C(O)C(O)C2O)C(O)C(O)C1O)OC(=O)CCCCCCCCC/C=C\C/C=C\CCCCC. The minimum absolute atomic E-state index is 0.0552. The number of unbranched alkanes of at least 4 members (excludes halogenated alkanes) is 23. The summed E-state index contributed by atoms with van der Waals surface area (Å²) in [7, 11) is 0. The number of aliphatic hydroxyl groups excluding tert-OH is 7. The zero-order chi connectivity index (χ0) is 55.8. The molecule has 0 spiro atoms. The van der Waals surface area contributed by atoms with E-state index in [9.17, 15) is 40.5 Å². The molecule has 77 heavy (non-hydrogen) atoms. The van der Waals surface area contributed by atoms with Crippen LogP contribution in [-0.2, 0) is 33.2 Å². The molecule has 14 heteroatoms. The van der Waals surface area contributed by atoms with E-state index in [0.717, 1.165) is 77.0 Å². The van der Waals surface area contributed by atoms with Gasteiger partial charge in [-0.25, -0.2) is 0 Å². The molecule has 446 valence electrons. The summed E-state index contributed by atoms with van der Waals surface area (Å²) in [5, 5.41) is 72.4. The molecule has 0 saturated carbocycles. The Hall–Kier alpha value is -2.57. The molecule has 0 aliphatic carbocycles. The first-order valence-electron chi connectivity index (χ1n) is 30.5. The largest absolute Gasteiger partial charge is 0.457 e. The van der Waals surface area contributed by atoms with Crippen LogP contribution in [0.4, 0.5) is 0 Å². The first-order chi connectivity index (χ1) is 37.6. The van der Waals surface area contributed by atoms with Crippen LogP contribution in [0.3, 0.4) is 0 Å². The molecule has 7 N–H and O–H groups in total. The van der Waals surface area contributed by atoms with Gasteiger partial charge in [-0.3, -0.25) is 4.79 Å². The molecule has 0 aromatic rings. The van der Waals surface area contributed by atoms with Crippen LogP contribution in [0.15, 0.2) is 72.9 Å². The average molecular weight is 1090 g/mol. The second-order valence-corrected chi connectivity index (χ2v) is 21.1. The number of ether oxygens (including phenoxy) is 6. The molecule has 2 rings (SSSR count). The molecule has 2 aliphatic heterocycles. The third-order valence-corrected chi connectivity index (χ3v) is 14.2. The molecular weight excluding hydrogens is 981 g/mol. The van der Waals surface area contributed by atoms with Crippen molar-refractivity contribution < 1.29 is 69.0 Å². The highest BCUT2D eigenvalue weighted by molar-refractivity contribution is 5.69. The van der Waals surface area contributed by atoms with Crippen LogP contribution in [-0.4, -0.2) is 142 Å². The second-order valence-electron chi connectivity index (χ2n) is 21.1. The Morgan fingerprint density at radius 1 is 0.442 bits per heavy atom. The summed E-state index contributed by atoms with van der Waals surface area (Å²) >= 11 is 0. The van der Waals surface area contributed by atoms with Crippen molar-refractivity contribution in [3.63, 3.8) is 0 Å². The van der Waals surface area contributed by atoms with E-state index in [1.165, 1.54) is 116 Å². The van der Waals surface area contributed by atoms with Crippen molar-refractivity contribution >= 4 is 5.97 Å². The van der Waals surface area contributed by atoms with E-state index < -0.39 is 80.7 Å². The zero-order valence-electron chi connectivity index (χ0n) is 47.9. The summed E-state index contributed by atoms with van der Waals surface area (Å²) in [4.78, 5) is 13.1. The van der Waals surface area contributed by atoms with Gasteiger partial charge in [0.05, 0.1) is 26.4 Å². The molecule has 2 fully saturated rings. The van der Waals surface area contributed by atoms with Gasteiger partial charge in [-0.15, -0.1) is 0 Å². The molecule has 0 amide bonds. The predicted molar refractivity (Wildman–Crippen MR) is 307 cm³/mol. The predicted octanol–water partition coefficient (Wildman–Crippen LogP) is 11.4. The summed E-state index contributed by atoms with van der Waals surface area (Å²) in [6, 6.07) is 0. The van der Waals surface area contributed by atoms with Crippen LogP contribution in [0, 0.1) is 0 Å². The van der Waals surface area contributed by atoms with Crippen LogP contribution >= 0.6 is 0 Å². The van der Waals surface area contributed by atoms with E-state index in [1.54, 1.807) is 0 Å². The van der Waals surface area contributed by atoms with Crippen molar-refractivity contribution in [3.05, 3.63) is 72.9 Å². The molecule has 11 unspecified atom stereocenters. The van der Waals surface area contributed by atoms with Gasteiger partial charge in [-0.1, -0.05) is 202 Å². The maximum absolute atomic E-state index is 13.1. The average Bonchev–Trinajstić information content (AvgIpc) is 3.43. The van der Waals surface area contributed by atoms with Crippen LogP contribution in [0.1, 0.15) is 219 Å². The Labute approximate surface area is 466 Å². The highest BCUT2D eigenvalue weighted by Crippen LogP contribution is 2.27. The van der Waals surface area contributed by atoms with E-state index in [1.807, 2.05) is 0 Å². The number of carbonyl (C=O) groups is 1. The molecule has 0 bridgehead atoms. The van der Waals surface area contributed by atoms with Gasteiger partial charge in [-0.05, 0) is 83.5 Å².